The number of anilines is 1. The Kier molecular flexibility index (Phi) is 4.96. The number of carboxylic acid groups (broad SMARTS) is 1. The van der Waals surface area contributed by atoms with Crippen LogP contribution in [-0.2, 0) is 0 Å². The van der Waals surface area contributed by atoms with Crippen LogP contribution in [0.5, 0.6) is 5.75 Å². The van der Waals surface area contributed by atoms with Crippen molar-refractivity contribution < 1.29 is 19.4 Å². The zero-order valence-electron chi connectivity index (χ0n) is 17.6. The van der Waals surface area contributed by atoms with Gasteiger partial charge in [-0.15, -0.1) is 0 Å². The Bertz CT molecular complexity index is 1000. The van der Waals surface area contributed by atoms with Crippen molar-refractivity contribution in [3.05, 3.63) is 59.2 Å². The van der Waals surface area contributed by atoms with E-state index in [4.69, 9.17) is 4.74 Å². The molecular weight excluding hydrogens is 394 g/mol. The smallest absolute Gasteiger partial charge is 0.407 e. The summed E-state index contributed by atoms with van der Waals surface area (Å²) in [6, 6.07) is 13.4. The number of nitrogens with zero attached hydrogens (tertiary/aromatic N) is 2. The van der Waals surface area contributed by atoms with Crippen LogP contribution in [-0.4, -0.2) is 53.1 Å². The van der Waals surface area contributed by atoms with Crippen molar-refractivity contribution in [1.29, 1.82) is 0 Å². The number of carbonyl (C=O) groups excluding carboxylic acids is 1. The SMILES string of the molecule is CCOc1ccc(C2Nc3ccc(C(=O)N4CCC4)cc3C3C2CCN3C(=O)O)cc1. The quantitative estimate of drug-likeness (QED) is 0.775. The van der Waals surface area contributed by atoms with Crippen molar-refractivity contribution in [2.75, 3.05) is 31.6 Å². The molecule has 2 saturated heterocycles. The first kappa shape index (κ1) is 19.7. The van der Waals surface area contributed by atoms with Crippen LogP contribution in [0, 0.1) is 5.92 Å². The van der Waals surface area contributed by atoms with Gasteiger partial charge in [0.25, 0.3) is 5.91 Å². The Morgan fingerprint density at radius 2 is 1.90 bits per heavy atom. The molecule has 3 atom stereocenters. The van der Waals surface area contributed by atoms with Gasteiger partial charge in [-0.05, 0) is 61.2 Å². The lowest BCUT2D eigenvalue weighted by Crippen LogP contribution is -2.42. The molecule has 7 heteroatoms. The lowest BCUT2D eigenvalue weighted by atomic mass is 9.79. The van der Waals surface area contributed by atoms with Gasteiger partial charge in [0.15, 0.2) is 0 Å². The molecule has 7 nitrogen and oxygen atoms in total. The standard InChI is InChI=1S/C24H27N3O4/c1-2-31-17-7-4-15(5-8-17)21-18-10-13-27(24(29)30)22(18)19-14-16(6-9-20(19)25-21)23(28)26-11-3-12-26/h4-9,14,18,21-22,25H,2-3,10-13H2,1H3,(H,29,30). The molecule has 2 aromatic rings. The Morgan fingerprint density at radius 1 is 1.13 bits per heavy atom. The molecule has 0 radical (unpaired) electrons. The number of amides is 2. The molecule has 3 heterocycles. The molecule has 0 aromatic heterocycles. The predicted octanol–water partition coefficient (Wildman–Crippen LogP) is 4.14. The largest absolute Gasteiger partial charge is 0.494 e. The van der Waals surface area contributed by atoms with E-state index in [9.17, 15) is 14.7 Å². The summed E-state index contributed by atoms with van der Waals surface area (Å²) >= 11 is 0. The van der Waals surface area contributed by atoms with Crippen LogP contribution in [0.2, 0.25) is 0 Å². The van der Waals surface area contributed by atoms with Crippen LogP contribution >= 0.6 is 0 Å². The van der Waals surface area contributed by atoms with E-state index in [1.165, 1.54) is 4.90 Å². The molecule has 5 rings (SSSR count). The summed E-state index contributed by atoms with van der Waals surface area (Å²) in [4.78, 5) is 28.1. The fraction of sp³-hybridized carbons (Fsp3) is 0.417. The average Bonchev–Trinajstić information content (AvgIpc) is 3.18. The van der Waals surface area contributed by atoms with Gasteiger partial charge in [-0.1, -0.05) is 12.1 Å². The topological polar surface area (TPSA) is 82.1 Å². The van der Waals surface area contributed by atoms with Crippen LogP contribution in [0.25, 0.3) is 0 Å². The molecular formula is C24H27N3O4. The Balaban J connectivity index is 1.51. The highest BCUT2D eigenvalue weighted by molar-refractivity contribution is 5.95. The maximum absolute atomic E-state index is 12.8. The third-order valence-electron chi connectivity index (χ3n) is 6.74. The summed E-state index contributed by atoms with van der Waals surface area (Å²) in [7, 11) is 0. The van der Waals surface area contributed by atoms with Crippen molar-refractivity contribution in [3.8, 4) is 5.75 Å². The number of ether oxygens (including phenoxy) is 1. The fourth-order valence-corrected chi connectivity index (χ4v) is 5.10. The Hall–Kier alpha value is -3.22. The molecule has 0 spiro atoms. The Labute approximate surface area is 181 Å². The molecule has 31 heavy (non-hydrogen) atoms. The second-order valence-electron chi connectivity index (χ2n) is 8.45. The molecule has 2 N–H and O–H groups in total. The molecule has 3 aliphatic heterocycles. The first-order chi connectivity index (χ1) is 15.1. The Morgan fingerprint density at radius 3 is 2.55 bits per heavy atom. The minimum Gasteiger partial charge on any atom is -0.494 e. The third kappa shape index (κ3) is 3.38. The first-order valence-electron chi connectivity index (χ1n) is 11.0. The van der Waals surface area contributed by atoms with Gasteiger partial charge in [0.2, 0.25) is 0 Å². The second kappa shape index (κ2) is 7.80. The van der Waals surface area contributed by atoms with Crippen molar-refractivity contribution in [3.63, 3.8) is 0 Å². The summed E-state index contributed by atoms with van der Waals surface area (Å²) in [5.74, 6) is 0.946. The molecule has 3 unspecified atom stereocenters. The van der Waals surface area contributed by atoms with E-state index < -0.39 is 6.09 Å². The van der Waals surface area contributed by atoms with Crippen LogP contribution in [0.4, 0.5) is 10.5 Å². The van der Waals surface area contributed by atoms with Gasteiger partial charge in [-0.2, -0.15) is 0 Å². The molecule has 2 aromatic carbocycles. The zero-order valence-corrected chi connectivity index (χ0v) is 17.6. The van der Waals surface area contributed by atoms with Crippen LogP contribution in [0.1, 0.15) is 53.3 Å². The van der Waals surface area contributed by atoms with Gasteiger partial charge < -0.3 is 25.0 Å². The second-order valence-corrected chi connectivity index (χ2v) is 8.45. The number of rotatable bonds is 4. The molecule has 3 aliphatic rings. The van der Waals surface area contributed by atoms with Crippen molar-refractivity contribution >= 4 is 17.7 Å². The highest BCUT2D eigenvalue weighted by atomic mass is 16.5. The molecule has 0 bridgehead atoms. The number of hydrogen-bond acceptors (Lipinski definition) is 4. The normalized spacial score (nSPS) is 24.0. The summed E-state index contributed by atoms with van der Waals surface area (Å²) in [5, 5.41) is 13.5. The lowest BCUT2D eigenvalue weighted by molar-refractivity contribution is 0.0651. The molecule has 0 aliphatic carbocycles. The number of nitrogens with one attached hydrogen (secondary N) is 1. The number of fused-ring (bicyclic) bond motifs is 3. The third-order valence-corrected chi connectivity index (χ3v) is 6.74. The van der Waals surface area contributed by atoms with Gasteiger partial charge in [0.05, 0.1) is 18.7 Å². The fourth-order valence-electron chi connectivity index (χ4n) is 5.10. The highest BCUT2D eigenvalue weighted by Crippen LogP contribution is 2.51. The minimum atomic E-state index is -0.912. The summed E-state index contributed by atoms with van der Waals surface area (Å²) in [6.07, 6.45) is 0.899. The van der Waals surface area contributed by atoms with Crippen molar-refractivity contribution in [1.82, 2.24) is 9.80 Å². The molecule has 0 saturated carbocycles. The van der Waals surface area contributed by atoms with E-state index in [1.54, 1.807) is 0 Å². The average molecular weight is 421 g/mol. The van der Waals surface area contributed by atoms with Crippen molar-refractivity contribution in [2.24, 2.45) is 5.92 Å². The van der Waals surface area contributed by atoms with E-state index in [2.05, 4.69) is 17.4 Å². The highest BCUT2D eigenvalue weighted by Gasteiger charge is 2.46. The van der Waals surface area contributed by atoms with E-state index in [1.807, 2.05) is 42.2 Å². The first-order valence-corrected chi connectivity index (χ1v) is 11.0. The van der Waals surface area contributed by atoms with E-state index in [-0.39, 0.29) is 23.9 Å². The number of likely N-dealkylation sites (tertiary alicyclic amines) is 2. The summed E-state index contributed by atoms with van der Waals surface area (Å²) in [5.41, 5.74) is 3.54. The van der Waals surface area contributed by atoms with Gasteiger partial charge >= 0.3 is 6.09 Å². The van der Waals surface area contributed by atoms with Gasteiger partial charge in [-0.25, -0.2) is 4.79 Å². The van der Waals surface area contributed by atoms with Gasteiger partial charge in [0.1, 0.15) is 5.75 Å². The number of hydrogen-bond donors (Lipinski definition) is 2. The van der Waals surface area contributed by atoms with E-state index in [0.717, 1.165) is 48.5 Å². The monoisotopic (exact) mass is 421 g/mol. The summed E-state index contributed by atoms with van der Waals surface area (Å²) in [6.45, 7) is 4.65. The lowest BCUT2D eigenvalue weighted by Gasteiger charge is -2.40. The van der Waals surface area contributed by atoms with Gasteiger partial charge in [-0.3, -0.25) is 4.79 Å². The summed E-state index contributed by atoms with van der Waals surface area (Å²) < 4.78 is 5.57. The number of carbonyl (C=O) groups is 2. The van der Waals surface area contributed by atoms with E-state index >= 15 is 0 Å². The molecule has 2 amide bonds. The van der Waals surface area contributed by atoms with Crippen LogP contribution < -0.4 is 10.1 Å². The zero-order chi connectivity index (χ0) is 21.5. The van der Waals surface area contributed by atoms with Gasteiger partial charge in [0, 0.05) is 36.8 Å². The van der Waals surface area contributed by atoms with Crippen LogP contribution in [0.15, 0.2) is 42.5 Å². The predicted molar refractivity (Wildman–Crippen MR) is 117 cm³/mol. The molecule has 162 valence electrons. The maximum Gasteiger partial charge on any atom is 0.407 e. The van der Waals surface area contributed by atoms with Crippen LogP contribution in [0.3, 0.4) is 0 Å². The maximum atomic E-state index is 12.8. The van der Waals surface area contributed by atoms with E-state index in [0.29, 0.717) is 18.7 Å². The number of benzene rings is 2. The van der Waals surface area contributed by atoms with Crippen molar-refractivity contribution in [2.45, 2.75) is 31.8 Å². The molecule has 2 fully saturated rings. The minimum absolute atomic E-state index is 0.00513.